The molecule has 1 atom stereocenters. The number of nitrogens with zero attached hydrogens (tertiary/aromatic N) is 4. The minimum absolute atomic E-state index is 0.0430. The summed E-state index contributed by atoms with van der Waals surface area (Å²) in [5.41, 5.74) is 4.46. The van der Waals surface area contributed by atoms with Crippen molar-refractivity contribution in [1.82, 2.24) is 14.8 Å². The summed E-state index contributed by atoms with van der Waals surface area (Å²) in [6, 6.07) is 12.9. The van der Waals surface area contributed by atoms with Gasteiger partial charge in [0.15, 0.2) is 5.82 Å². The smallest absolute Gasteiger partial charge is 0.267 e. The third-order valence-corrected chi connectivity index (χ3v) is 6.71. The fourth-order valence-corrected chi connectivity index (χ4v) is 4.72. The van der Waals surface area contributed by atoms with Crippen LogP contribution in [0, 0.1) is 13.8 Å². The van der Waals surface area contributed by atoms with Crippen molar-refractivity contribution in [2.45, 2.75) is 33.2 Å². The molecule has 0 radical (unpaired) electrons. The molecule has 0 amide bonds. The summed E-state index contributed by atoms with van der Waals surface area (Å²) in [6.45, 7) is 5.52. The fourth-order valence-electron chi connectivity index (χ4n) is 3.64. The van der Waals surface area contributed by atoms with E-state index in [2.05, 4.69) is 16.3 Å². The molecule has 2 heterocycles. The molecule has 0 N–H and O–H groups in total. The lowest BCUT2D eigenvalue weighted by Crippen LogP contribution is -2.17. The number of aromatic nitrogens is 3. The Balaban J connectivity index is 1.89. The van der Waals surface area contributed by atoms with Crippen LogP contribution in [0.2, 0.25) is 5.02 Å². The largest absolute Gasteiger partial charge is 0.281 e. The van der Waals surface area contributed by atoms with E-state index in [-0.39, 0.29) is 12.4 Å². The summed E-state index contributed by atoms with van der Waals surface area (Å²) < 4.78 is 31.6. The van der Waals surface area contributed by atoms with E-state index in [1.165, 1.54) is 0 Å². The van der Waals surface area contributed by atoms with Crippen LogP contribution in [0.5, 0.6) is 0 Å². The first-order valence-corrected chi connectivity index (χ1v) is 12.0. The first-order chi connectivity index (χ1) is 14.8. The fraction of sp³-hybridized carbons (Fsp3) is 0.318. The highest BCUT2D eigenvalue weighted by Gasteiger charge is 2.29. The van der Waals surface area contributed by atoms with E-state index in [0.717, 1.165) is 28.1 Å². The molecule has 3 aromatic rings. The number of halogens is 1. The molecule has 0 saturated heterocycles. The van der Waals surface area contributed by atoms with E-state index in [0.29, 0.717) is 23.1 Å². The maximum Gasteiger partial charge on any atom is 0.267 e. The molecule has 0 saturated carbocycles. The van der Waals surface area contributed by atoms with Gasteiger partial charge in [-0.25, -0.2) is 0 Å². The van der Waals surface area contributed by atoms with Crippen molar-refractivity contribution in [3.05, 3.63) is 75.8 Å². The van der Waals surface area contributed by atoms with E-state index in [1.54, 1.807) is 6.92 Å². The van der Waals surface area contributed by atoms with Crippen LogP contribution in [0.15, 0.2) is 47.5 Å². The van der Waals surface area contributed by atoms with Crippen LogP contribution in [0.4, 0.5) is 0 Å². The van der Waals surface area contributed by atoms with Gasteiger partial charge in [-0.3, -0.25) is 13.7 Å². The van der Waals surface area contributed by atoms with Gasteiger partial charge < -0.3 is 0 Å². The van der Waals surface area contributed by atoms with Crippen LogP contribution in [0.1, 0.15) is 47.7 Å². The summed E-state index contributed by atoms with van der Waals surface area (Å²) in [7, 11) is -3.64. The van der Waals surface area contributed by atoms with Crippen molar-refractivity contribution in [3.63, 3.8) is 0 Å². The number of benzene rings is 2. The molecule has 31 heavy (non-hydrogen) atoms. The van der Waals surface area contributed by atoms with Crippen LogP contribution in [0.3, 0.4) is 0 Å². The Hall–Kier alpha value is -2.55. The maximum atomic E-state index is 12.2. The van der Waals surface area contributed by atoms with Gasteiger partial charge in [-0.05, 0) is 44.5 Å². The Kier molecular flexibility index (Phi) is 5.96. The van der Waals surface area contributed by atoms with Gasteiger partial charge in [-0.15, -0.1) is 10.2 Å². The predicted molar refractivity (Wildman–Crippen MR) is 121 cm³/mol. The summed E-state index contributed by atoms with van der Waals surface area (Å²) in [5.74, 6) is 1.19. The number of fused-ring (bicyclic) bond motifs is 3. The molecule has 0 aliphatic carbocycles. The van der Waals surface area contributed by atoms with Gasteiger partial charge in [0.2, 0.25) is 0 Å². The van der Waals surface area contributed by atoms with E-state index < -0.39 is 16.2 Å². The van der Waals surface area contributed by atoms with Crippen molar-refractivity contribution >= 4 is 27.4 Å². The highest BCUT2D eigenvalue weighted by Crippen LogP contribution is 2.32. The lowest BCUT2D eigenvalue weighted by atomic mass is 9.98. The van der Waals surface area contributed by atoms with Gasteiger partial charge in [-0.2, -0.15) is 8.42 Å². The molecule has 1 aliphatic heterocycles. The first kappa shape index (κ1) is 21.7. The molecule has 162 valence electrons. The van der Waals surface area contributed by atoms with Crippen molar-refractivity contribution in [1.29, 1.82) is 0 Å². The van der Waals surface area contributed by atoms with E-state index in [1.807, 2.05) is 54.8 Å². The van der Waals surface area contributed by atoms with Crippen LogP contribution in [-0.4, -0.2) is 41.3 Å². The minimum Gasteiger partial charge on any atom is -0.281 e. The second kappa shape index (κ2) is 8.53. The Morgan fingerprint density at radius 3 is 2.55 bits per heavy atom. The lowest BCUT2D eigenvalue weighted by molar-refractivity contribution is 0.289. The molecule has 0 fully saturated rings. The van der Waals surface area contributed by atoms with Crippen LogP contribution >= 0.6 is 11.6 Å². The normalized spacial score (nSPS) is 15.7. The standard InChI is InChI=1S/C22H23ClN4O3S/c1-4-11-31(28,29)30-13-19-22-26-25-15(3)27(22)20-10-5-14(2)12-18(20)21(24-19)16-6-8-17(23)9-7-16/h5-10,12,19H,4,11,13H2,1-3H3/t19-/m0/s1. The number of hydrogen-bond acceptors (Lipinski definition) is 6. The van der Waals surface area contributed by atoms with Crippen LogP contribution in [0.25, 0.3) is 5.69 Å². The van der Waals surface area contributed by atoms with Gasteiger partial charge in [0, 0.05) is 16.1 Å². The molecular weight excluding hydrogens is 436 g/mol. The molecule has 7 nitrogen and oxygen atoms in total. The van der Waals surface area contributed by atoms with Crippen LogP contribution < -0.4 is 0 Å². The Bertz CT molecular complexity index is 1250. The van der Waals surface area contributed by atoms with Gasteiger partial charge >= 0.3 is 0 Å². The van der Waals surface area contributed by atoms with E-state index >= 15 is 0 Å². The molecule has 0 bridgehead atoms. The zero-order valence-corrected chi connectivity index (χ0v) is 19.1. The monoisotopic (exact) mass is 458 g/mol. The second-order valence-electron chi connectivity index (χ2n) is 7.51. The number of rotatable bonds is 6. The minimum atomic E-state index is -3.64. The Labute approximate surface area is 186 Å². The highest BCUT2D eigenvalue weighted by atomic mass is 35.5. The first-order valence-electron chi connectivity index (χ1n) is 10.0. The summed E-state index contributed by atoms with van der Waals surface area (Å²) in [6.07, 6.45) is 0.478. The summed E-state index contributed by atoms with van der Waals surface area (Å²) >= 11 is 6.09. The number of aryl methyl sites for hydroxylation is 2. The van der Waals surface area contributed by atoms with Gasteiger partial charge in [-0.1, -0.05) is 42.3 Å². The van der Waals surface area contributed by atoms with E-state index in [4.69, 9.17) is 20.8 Å². The second-order valence-corrected chi connectivity index (χ2v) is 9.70. The predicted octanol–water partition coefficient (Wildman–Crippen LogP) is 4.19. The van der Waals surface area contributed by atoms with Gasteiger partial charge in [0.1, 0.15) is 11.9 Å². The van der Waals surface area contributed by atoms with E-state index in [9.17, 15) is 8.42 Å². The quantitative estimate of drug-likeness (QED) is 0.517. The van der Waals surface area contributed by atoms with Crippen LogP contribution in [-0.2, 0) is 14.3 Å². The van der Waals surface area contributed by atoms with Gasteiger partial charge in [0.25, 0.3) is 10.1 Å². The molecule has 9 heteroatoms. The summed E-state index contributed by atoms with van der Waals surface area (Å²) in [4.78, 5) is 4.94. The van der Waals surface area contributed by atoms with Crippen molar-refractivity contribution < 1.29 is 12.6 Å². The molecule has 1 aromatic heterocycles. The lowest BCUT2D eigenvalue weighted by Gasteiger charge is -2.13. The van der Waals surface area contributed by atoms with Crippen molar-refractivity contribution in [3.8, 4) is 5.69 Å². The number of hydrogen-bond donors (Lipinski definition) is 0. The zero-order valence-electron chi connectivity index (χ0n) is 17.5. The topological polar surface area (TPSA) is 86.4 Å². The summed E-state index contributed by atoms with van der Waals surface area (Å²) in [5, 5.41) is 9.17. The third-order valence-electron chi connectivity index (χ3n) is 5.06. The highest BCUT2D eigenvalue weighted by molar-refractivity contribution is 7.86. The Morgan fingerprint density at radius 2 is 1.84 bits per heavy atom. The average Bonchev–Trinajstić information content (AvgIpc) is 3.04. The molecule has 0 unspecified atom stereocenters. The Morgan fingerprint density at radius 1 is 1.10 bits per heavy atom. The average molecular weight is 459 g/mol. The zero-order chi connectivity index (χ0) is 22.2. The molecule has 0 spiro atoms. The molecular formula is C22H23ClN4O3S. The molecule has 1 aliphatic rings. The number of aliphatic imine (C=N–C) groups is 1. The van der Waals surface area contributed by atoms with Gasteiger partial charge in [0.05, 0.1) is 23.8 Å². The van der Waals surface area contributed by atoms with Crippen molar-refractivity contribution in [2.24, 2.45) is 4.99 Å². The molecule has 2 aromatic carbocycles. The van der Waals surface area contributed by atoms with Crippen molar-refractivity contribution in [2.75, 3.05) is 12.4 Å². The molecule has 4 rings (SSSR count). The SMILES string of the molecule is CCCS(=O)(=O)OC[C@@H]1N=C(c2ccc(Cl)cc2)c2cc(C)ccc2-n2c(C)nnc21. The third kappa shape index (κ3) is 4.42. The maximum absolute atomic E-state index is 12.2.